The van der Waals surface area contributed by atoms with Crippen molar-refractivity contribution in [3.63, 3.8) is 0 Å². The maximum absolute atomic E-state index is 12.4. The van der Waals surface area contributed by atoms with E-state index in [1.54, 1.807) is 7.11 Å². The maximum atomic E-state index is 12.4. The van der Waals surface area contributed by atoms with Crippen LogP contribution in [0.15, 0.2) is 78.2 Å². The zero-order chi connectivity index (χ0) is 21.6. The maximum Gasteiger partial charge on any atom is 0.230 e. The van der Waals surface area contributed by atoms with Gasteiger partial charge < -0.3 is 10.1 Å². The molecule has 2 aromatic heterocycles. The molecule has 0 atom stereocenters. The van der Waals surface area contributed by atoms with Gasteiger partial charge in [-0.3, -0.25) is 9.47 Å². The van der Waals surface area contributed by atoms with Crippen LogP contribution < -0.4 is 10.1 Å². The number of nitrogens with one attached hydrogen (secondary N) is 1. The molecule has 0 saturated carbocycles. The van der Waals surface area contributed by atoms with Crippen LogP contribution in [-0.4, -0.2) is 38.3 Å². The number of carbonyl (C=O) groups excluding carboxylic acids is 1. The average molecular weight is 434 g/mol. The largest absolute Gasteiger partial charge is 0.496 e. The summed E-state index contributed by atoms with van der Waals surface area (Å²) in [5.41, 5.74) is 3.08. The first-order chi connectivity index (χ1) is 15.2. The number of rotatable bonds is 8. The topological polar surface area (TPSA) is 74.0 Å². The van der Waals surface area contributed by atoms with Crippen LogP contribution in [0.4, 0.5) is 0 Å². The Kier molecular flexibility index (Phi) is 6.37. The second-order valence-electron chi connectivity index (χ2n) is 6.93. The van der Waals surface area contributed by atoms with Crippen molar-refractivity contribution >= 4 is 17.7 Å². The highest BCUT2D eigenvalue weighted by Gasteiger charge is 2.19. The zero-order valence-electron chi connectivity index (χ0n) is 17.4. The number of carbonyl (C=O) groups is 1. The third kappa shape index (κ3) is 4.80. The van der Waals surface area contributed by atoms with Gasteiger partial charge in [-0.1, -0.05) is 53.7 Å². The van der Waals surface area contributed by atoms with Crippen LogP contribution in [0, 0.1) is 6.92 Å². The minimum Gasteiger partial charge on any atom is -0.496 e. The Morgan fingerprint density at radius 1 is 1.03 bits per heavy atom. The number of methoxy groups -OCH3 is 1. The summed E-state index contributed by atoms with van der Waals surface area (Å²) in [6.45, 7) is 2.54. The second kappa shape index (κ2) is 9.53. The molecule has 31 heavy (non-hydrogen) atoms. The van der Waals surface area contributed by atoms with Gasteiger partial charge in [-0.15, -0.1) is 10.2 Å². The van der Waals surface area contributed by atoms with Crippen molar-refractivity contribution in [3.05, 3.63) is 84.2 Å². The standard InChI is InChI=1S/C23H23N5O2S/c1-17-9-11-18(12-10-17)15-24-21(29)16-31-23-26-25-22(28(23)27-13-5-6-14-27)19-7-3-4-8-20(19)30-2/h3-14H,15-16H2,1-2H3,(H,24,29). The predicted molar refractivity (Wildman–Crippen MR) is 121 cm³/mol. The van der Waals surface area contributed by atoms with E-state index in [2.05, 4.69) is 15.5 Å². The molecule has 0 radical (unpaired) electrons. The van der Waals surface area contributed by atoms with E-state index < -0.39 is 0 Å². The Balaban J connectivity index is 1.51. The number of thioether (sulfide) groups is 1. The number of hydrogen-bond donors (Lipinski definition) is 1. The lowest BCUT2D eigenvalue weighted by Crippen LogP contribution is -2.24. The molecule has 0 aliphatic carbocycles. The first kappa shape index (κ1) is 20.7. The average Bonchev–Trinajstić information content (AvgIpc) is 3.47. The van der Waals surface area contributed by atoms with Crippen LogP contribution >= 0.6 is 11.8 Å². The smallest absolute Gasteiger partial charge is 0.230 e. The minimum absolute atomic E-state index is 0.0635. The van der Waals surface area contributed by atoms with Gasteiger partial charge in [0.15, 0.2) is 5.82 Å². The highest BCUT2D eigenvalue weighted by molar-refractivity contribution is 7.99. The quantitative estimate of drug-likeness (QED) is 0.428. The lowest BCUT2D eigenvalue weighted by molar-refractivity contribution is -0.118. The molecule has 158 valence electrons. The zero-order valence-corrected chi connectivity index (χ0v) is 18.2. The third-order valence-corrected chi connectivity index (χ3v) is 5.64. The van der Waals surface area contributed by atoms with Gasteiger partial charge in [-0.2, -0.15) is 0 Å². The molecule has 0 aliphatic heterocycles. The van der Waals surface area contributed by atoms with Crippen molar-refractivity contribution in [3.8, 4) is 17.1 Å². The lowest BCUT2D eigenvalue weighted by Gasteiger charge is -2.13. The molecule has 7 nitrogen and oxygen atoms in total. The van der Waals surface area contributed by atoms with Crippen LogP contribution in [0.3, 0.4) is 0 Å². The summed E-state index contributed by atoms with van der Waals surface area (Å²) in [6.07, 6.45) is 3.81. The van der Waals surface area contributed by atoms with Crippen molar-refractivity contribution in [1.29, 1.82) is 0 Å². The molecular weight excluding hydrogens is 410 g/mol. The number of aromatic nitrogens is 4. The Bertz CT molecular complexity index is 1150. The van der Waals surface area contributed by atoms with E-state index in [1.807, 2.05) is 89.3 Å². The highest BCUT2D eigenvalue weighted by Crippen LogP contribution is 2.31. The van der Waals surface area contributed by atoms with E-state index in [0.717, 1.165) is 11.1 Å². The predicted octanol–water partition coefficient (Wildman–Crippen LogP) is 3.78. The van der Waals surface area contributed by atoms with E-state index in [0.29, 0.717) is 23.3 Å². The highest BCUT2D eigenvalue weighted by atomic mass is 32.2. The summed E-state index contributed by atoms with van der Waals surface area (Å²) in [6, 6.07) is 19.6. The SMILES string of the molecule is COc1ccccc1-c1nnc(SCC(=O)NCc2ccc(C)cc2)n1-n1cccc1. The molecule has 0 bridgehead atoms. The number of hydrogen-bond acceptors (Lipinski definition) is 5. The van der Waals surface area contributed by atoms with Gasteiger partial charge >= 0.3 is 0 Å². The molecule has 0 aliphatic rings. The molecular formula is C23H23N5O2S. The monoisotopic (exact) mass is 433 g/mol. The Labute approximate surface area is 185 Å². The molecule has 0 saturated heterocycles. The number of ether oxygens (including phenoxy) is 1. The van der Waals surface area contributed by atoms with Crippen molar-refractivity contribution in [2.24, 2.45) is 0 Å². The Morgan fingerprint density at radius 3 is 2.52 bits per heavy atom. The van der Waals surface area contributed by atoms with E-state index in [1.165, 1.54) is 17.3 Å². The lowest BCUT2D eigenvalue weighted by atomic mass is 10.1. The van der Waals surface area contributed by atoms with Gasteiger partial charge in [0, 0.05) is 18.9 Å². The minimum atomic E-state index is -0.0635. The summed E-state index contributed by atoms with van der Waals surface area (Å²) in [7, 11) is 1.63. The fourth-order valence-corrected chi connectivity index (χ4v) is 3.87. The third-order valence-electron chi connectivity index (χ3n) is 4.72. The van der Waals surface area contributed by atoms with Crippen LogP contribution in [0.25, 0.3) is 11.4 Å². The molecule has 2 heterocycles. The summed E-state index contributed by atoms with van der Waals surface area (Å²) in [5, 5.41) is 12.3. The van der Waals surface area contributed by atoms with E-state index >= 15 is 0 Å². The fraction of sp³-hybridized carbons (Fsp3) is 0.174. The van der Waals surface area contributed by atoms with Crippen molar-refractivity contribution in [2.75, 3.05) is 12.9 Å². The van der Waals surface area contributed by atoms with E-state index in [-0.39, 0.29) is 11.7 Å². The van der Waals surface area contributed by atoms with Gasteiger partial charge in [0.25, 0.3) is 0 Å². The van der Waals surface area contributed by atoms with Gasteiger partial charge in [0.2, 0.25) is 11.1 Å². The Hall–Kier alpha value is -3.52. The van der Waals surface area contributed by atoms with Gasteiger partial charge in [0.05, 0.1) is 18.4 Å². The van der Waals surface area contributed by atoms with Crippen molar-refractivity contribution in [2.45, 2.75) is 18.6 Å². The molecule has 0 spiro atoms. The van der Waals surface area contributed by atoms with Crippen molar-refractivity contribution in [1.82, 2.24) is 24.9 Å². The summed E-state index contributed by atoms with van der Waals surface area (Å²) >= 11 is 1.34. The van der Waals surface area contributed by atoms with E-state index in [9.17, 15) is 4.79 Å². The molecule has 1 amide bonds. The normalized spacial score (nSPS) is 10.8. The summed E-state index contributed by atoms with van der Waals surface area (Å²) in [5.74, 6) is 1.51. The van der Waals surface area contributed by atoms with Crippen LogP contribution in [0.1, 0.15) is 11.1 Å². The van der Waals surface area contributed by atoms with Gasteiger partial charge in [-0.05, 0) is 36.8 Å². The van der Waals surface area contributed by atoms with Crippen LogP contribution in [0.2, 0.25) is 0 Å². The van der Waals surface area contributed by atoms with Crippen LogP contribution in [0.5, 0.6) is 5.75 Å². The summed E-state index contributed by atoms with van der Waals surface area (Å²) in [4.78, 5) is 12.4. The molecule has 0 fully saturated rings. The molecule has 2 aromatic carbocycles. The van der Waals surface area contributed by atoms with Crippen molar-refractivity contribution < 1.29 is 9.53 Å². The Morgan fingerprint density at radius 2 is 1.77 bits per heavy atom. The molecule has 1 N–H and O–H groups in total. The van der Waals surface area contributed by atoms with Gasteiger partial charge in [0.1, 0.15) is 5.75 Å². The molecule has 4 aromatic rings. The van der Waals surface area contributed by atoms with Crippen LogP contribution in [-0.2, 0) is 11.3 Å². The fourth-order valence-electron chi connectivity index (χ4n) is 3.11. The number of para-hydroxylation sites is 1. The number of aryl methyl sites for hydroxylation is 1. The first-order valence-corrected chi connectivity index (χ1v) is 10.8. The number of benzene rings is 2. The summed E-state index contributed by atoms with van der Waals surface area (Å²) < 4.78 is 9.25. The second-order valence-corrected chi connectivity index (χ2v) is 7.87. The molecule has 0 unspecified atom stereocenters. The molecule has 4 rings (SSSR count). The number of nitrogens with zero attached hydrogens (tertiary/aromatic N) is 4. The van der Waals surface area contributed by atoms with Gasteiger partial charge in [-0.25, -0.2) is 4.68 Å². The van der Waals surface area contributed by atoms with E-state index in [4.69, 9.17) is 4.74 Å². The first-order valence-electron chi connectivity index (χ1n) is 9.83. The number of amides is 1. The molecule has 8 heteroatoms.